The van der Waals surface area contributed by atoms with Crippen LogP contribution in [0.25, 0.3) is 0 Å². The monoisotopic (exact) mass is 555 g/mol. The smallest absolute Gasteiger partial charge is 0.274 e. The molecule has 1 aliphatic rings. The van der Waals surface area contributed by atoms with Gasteiger partial charge < -0.3 is 21.3 Å². The second kappa shape index (κ2) is 11.1. The quantitative estimate of drug-likeness (QED) is 0.305. The number of hydrogen-bond acceptors (Lipinski definition) is 9. The molecule has 0 spiro atoms. The number of aromatic nitrogens is 4. The number of nitrogens with one attached hydrogen (secondary N) is 2. The van der Waals surface area contributed by atoms with E-state index in [9.17, 15) is 18.8 Å². The Morgan fingerprint density at radius 3 is 2.51 bits per heavy atom. The van der Waals surface area contributed by atoms with Crippen molar-refractivity contribution in [2.45, 2.75) is 31.8 Å². The molecule has 12 heteroatoms. The van der Waals surface area contributed by atoms with Crippen molar-refractivity contribution >= 4 is 23.4 Å². The number of nitrogens with zero attached hydrogens (tertiary/aromatic N) is 6. The minimum atomic E-state index is -1.02. The second-order valence-corrected chi connectivity index (χ2v) is 9.89. The van der Waals surface area contributed by atoms with E-state index in [1.54, 1.807) is 6.92 Å². The van der Waals surface area contributed by atoms with E-state index in [0.717, 1.165) is 41.2 Å². The van der Waals surface area contributed by atoms with Gasteiger partial charge >= 0.3 is 0 Å². The lowest BCUT2D eigenvalue weighted by molar-refractivity contribution is 0.0935. The van der Waals surface area contributed by atoms with Crippen molar-refractivity contribution in [3.05, 3.63) is 100 Å². The first-order valence-corrected chi connectivity index (χ1v) is 12.9. The van der Waals surface area contributed by atoms with E-state index in [1.807, 2.05) is 44.3 Å². The van der Waals surface area contributed by atoms with Gasteiger partial charge in [0.15, 0.2) is 28.8 Å². The standard InChI is InChI=1S/C29H27F2N9O/c1-15(17-4-6-18(7-5-17)21-13-40(3)28-24(21)26(33)35-14-36-28)37-27-25(39-20(11-32)12-34-27)29(41)38-16(2)19-8-9-22(30)23(31)10-19/h4-10,12,14-16,21H,13H2,1-3H3,(H,34,37)(H,38,41)(H2,33,35,36)/t15-,16+,21?/m1/s1. The normalized spacial score (nSPS) is 15.5. The van der Waals surface area contributed by atoms with Crippen molar-refractivity contribution in [3.8, 4) is 6.07 Å². The Kier molecular flexibility index (Phi) is 7.43. The van der Waals surface area contributed by atoms with Gasteiger partial charge in [-0.1, -0.05) is 30.3 Å². The summed E-state index contributed by atoms with van der Waals surface area (Å²) < 4.78 is 27.1. The molecule has 2 aromatic carbocycles. The van der Waals surface area contributed by atoms with Gasteiger partial charge in [-0.25, -0.2) is 28.7 Å². The molecule has 2 aromatic heterocycles. The number of nitriles is 1. The van der Waals surface area contributed by atoms with Crippen LogP contribution in [0.1, 0.15) is 70.3 Å². The van der Waals surface area contributed by atoms with Crippen molar-refractivity contribution < 1.29 is 13.6 Å². The first kappa shape index (κ1) is 27.4. The fourth-order valence-electron chi connectivity index (χ4n) is 4.90. The third-order valence-electron chi connectivity index (χ3n) is 7.15. The van der Waals surface area contributed by atoms with Crippen LogP contribution in [0.5, 0.6) is 0 Å². The maximum Gasteiger partial charge on any atom is 0.274 e. The number of halogens is 2. The summed E-state index contributed by atoms with van der Waals surface area (Å²) in [5, 5.41) is 15.2. The Hall–Kier alpha value is -5.18. The molecular formula is C29H27F2N9O. The highest BCUT2D eigenvalue weighted by molar-refractivity contribution is 5.97. The van der Waals surface area contributed by atoms with Gasteiger partial charge in [-0.15, -0.1) is 0 Å². The number of hydrogen-bond donors (Lipinski definition) is 3. The maximum atomic E-state index is 13.7. The summed E-state index contributed by atoms with van der Waals surface area (Å²) in [6.45, 7) is 4.27. The van der Waals surface area contributed by atoms with Crippen LogP contribution in [0.3, 0.4) is 0 Å². The number of benzene rings is 2. The minimum Gasteiger partial charge on any atom is -0.383 e. The van der Waals surface area contributed by atoms with Gasteiger partial charge in [-0.05, 0) is 42.7 Å². The summed E-state index contributed by atoms with van der Waals surface area (Å²) in [4.78, 5) is 32.2. The molecule has 10 nitrogen and oxygen atoms in total. The molecule has 0 bridgehead atoms. The number of carbonyl (C=O) groups is 1. The zero-order chi connectivity index (χ0) is 29.3. The van der Waals surface area contributed by atoms with Crippen LogP contribution in [-0.2, 0) is 0 Å². The number of rotatable bonds is 7. The number of fused-ring (bicyclic) bond motifs is 1. The highest BCUT2D eigenvalue weighted by atomic mass is 19.2. The molecule has 0 fully saturated rings. The number of carbonyl (C=O) groups excluding carboxylic acids is 1. The van der Waals surface area contributed by atoms with Crippen molar-refractivity contribution in [3.63, 3.8) is 0 Å². The molecule has 5 rings (SSSR count). The largest absolute Gasteiger partial charge is 0.383 e. The number of anilines is 3. The van der Waals surface area contributed by atoms with Crippen molar-refractivity contribution in [1.82, 2.24) is 25.3 Å². The Morgan fingerprint density at radius 1 is 1.07 bits per heavy atom. The van der Waals surface area contributed by atoms with Crippen molar-refractivity contribution in [2.24, 2.45) is 0 Å². The third-order valence-corrected chi connectivity index (χ3v) is 7.15. The molecule has 1 unspecified atom stereocenters. The summed E-state index contributed by atoms with van der Waals surface area (Å²) in [5.74, 6) is -1.12. The van der Waals surface area contributed by atoms with Crippen LogP contribution in [0.2, 0.25) is 0 Å². The van der Waals surface area contributed by atoms with Gasteiger partial charge in [-0.2, -0.15) is 5.26 Å². The fraction of sp³-hybridized carbons (Fsp3) is 0.241. The van der Waals surface area contributed by atoms with Crippen molar-refractivity contribution in [1.29, 1.82) is 5.26 Å². The van der Waals surface area contributed by atoms with Crippen LogP contribution in [0, 0.1) is 23.0 Å². The van der Waals surface area contributed by atoms with Crippen LogP contribution >= 0.6 is 0 Å². The fourth-order valence-corrected chi connectivity index (χ4v) is 4.90. The lowest BCUT2D eigenvalue weighted by Gasteiger charge is -2.19. The molecule has 4 N–H and O–H groups in total. The highest BCUT2D eigenvalue weighted by Gasteiger charge is 2.31. The predicted octanol–water partition coefficient (Wildman–Crippen LogP) is 4.24. The third kappa shape index (κ3) is 5.47. The topological polar surface area (TPSA) is 146 Å². The van der Waals surface area contributed by atoms with Crippen LogP contribution in [0.15, 0.2) is 55.0 Å². The van der Waals surface area contributed by atoms with Gasteiger partial charge in [0.1, 0.15) is 24.0 Å². The lowest BCUT2D eigenvalue weighted by Crippen LogP contribution is -2.29. The molecule has 0 saturated carbocycles. The zero-order valence-corrected chi connectivity index (χ0v) is 22.6. The molecule has 0 saturated heterocycles. The number of nitrogens with two attached hydrogens (primary N) is 1. The molecular weight excluding hydrogens is 528 g/mol. The summed E-state index contributed by atoms with van der Waals surface area (Å²) >= 11 is 0. The maximum absolute atomic E-state index is 13.7. The van der Waals surface area contributed by atoms with E-state index in [0.29, 0.717) is 11.4 Å². The van der Waals surface area contributed by atoms with Crippen molar-refractivity contribution in [2.75, 3.05) is 29.5 Å². The molecule has 3 heterocycles. The minimum absolute atomic E-state index is 0.0322. The summed E-state index contributed by atoms with van der Waals surface area (Å²) in [6, 6.07) is 12.3. The van der Waals surface area contributed by atoms with E-state index in [4.69, 9.17) is 5.73 Å². The predicted molar refractivity (Wildman–Crippen MR) is 149 cm³/mol. The van der Waals surface area contributed by atoms with Gasteiger partial charge in [0, 0.05) is 25.1 Å². The van der Waals surface area contributed by atoms with Crippen LogP contribution < -0.4 is 21.3 Å². The van der Waals surface area contributed by atoms with Crippen LogP contribution in [-0.4, -0.2) is 39.4 Å². The van der Waals surface area contributed by atoms with E-state index in [2.05, 4.69) is 35.5 Å². The Bertz CT molecular complexity index is 1660. The van der Waals surface area contributed by atoms with Gasteiger partial charge in [-0.3, -0.25) is 4.79 Å². The summed E-state index contributed by atoms with van der Waals surface area (Å²) in [7, 11) is 1.97. The number of amides is 1. The second-order valence-electron chi connectivity index (χ2n) is 9.89. The molecule has 0 radical (unpaired) electrons. The van der Waals surface area contributed by atoms with Crippen LogP contribution in [0.4, 0.5) is 26.2 Å². The lowest BCUT2D eigenvalue weighted by atomic mass is 9.92. The van der Waals surface area contributed by atoms with E-state index >= 15 is 0 Å². The van der Waals surface area contributed by atoms with E-state index in [1.165, 1.54) is 18.6 Å². The molecule has 208 valence electrons. The average molecular weight is 556 g/mol. The van der Waals surface area contributed by atoms with E-state index in [-0.39, 0.29) is 29.2 Å². The highest BCUT2D eigenvalue weighted by Crippen LogP contribution is 2.40. The summed E-state index contributed by atoms with van der Waals surface area (Å²) in [5.41, 5.74) is 9.31. The van der Waals surface area contributed by atoms with Gasteiger partial charge in [0.05, 0.1) is 18.3 Å². The Labute approximate surface area is 235 Å². The van der Waals surface area contributed by atoms with E-state index < -0.39 is 23.6 Å². The molecule has 3 atom stereocenters. The first-order chi connectivity index (χ1) is 19.7. The zero-order valence-electron chi connectivity index (χ0n) is 22.6. The summed E-state index contributed by atoms with van der Waals surface area (Å²) in [6.07, 6.45) is 2.74. The molecule has 1 aliphatic heterocycles. The van der Waals surface area contributed by atoms with Gasteiger partial charge in [0.2, 0.25) is 0 Å². The van der Waals surface area contributed by atoms with Gasteiger partial charge in [0.25, 0.3) is 5.91 Å². The average Bonchev–Trinajstić information content (AvgIpc) is 3.32. The Morgan fingerprint density at radius 2 is 1.80 bits per heavy atom. The SMILES string of the molecule is C[C@H](NC(=O)c1nc(C#N)cnc1N[C@H](C)c1ccc(C2CN(C)c3ncnc(N)c32)cc1)c1ccc(F)c(F)c1. The Balaban J connectivity index is 1.34. The number of nitrogen functional groups attached to an aromatic ring is 1. The molecule has 0 aliphatic carbocycles. The molecule has 41 heavy (non-hydrogen) atoms. The number of likely N-dealkylation sites (N-methyl/N-ethyl adjacent to an activating group) is 1. The molecule has 4 aromatic rings. The first-order valence-electron chi connectivity index (χ1n) is 12.9. The molecule has 1 amide bonds.